The lowest BCUT2D eigenvalue weighted by Gasteiger charge is -2.44. The third kappa shape index (κ3) is 5.30. The summed E-state index contributed by atoms with van der Waals surface area (Å²) in [5.41, 5.74) is 5.35. The molecule has 3 nitrogen and oxygen atoms in total. The molecule has 2 aromatic rings. The standard InChI is InChI=1S/C27H33ClO3S2Si/c1-34(2,3)31-21-9-10-23-22-11-12-27(32-15-4-16-33-27)18-24(22)26(30-25(23)17-21)19-5-7-20(8-6-19)29-14-13-28/h5-10,17,26H,4,11-16,18H2,1-3H3. The lowest BCUT2D eigenvalue weighted by molar-refractivity contribution is 0.228. The monoisotopic (exact) mass is 532 g/mol. The number of ether oxygens (including phenoxy) is 2. The molecular weight excluding hydrogens is 500 g/mol. The van der Waals surface area contributed by atoms with Crippen LogP contribution in [0.15, 0.2) is 48.0 Å². The third-order valence-electron chi connectivity index (χ3n) is 6.41. The van der Waals surface area contributed by atoms with E-state index in [1.807, 2.05) is 12.1 Å². The highest BCUT2D eigenvalue weighted by Gasteiger charge is 2.43. The van der Waals surface area contributed by atoms with Gasteiger partial charge in [0.05, 0.1) is 9.96 Å². The number of fused-ring (bicyclic) bond motifs is 2. The minimum absolute atomic E-state index is 0.0768. The number of benzene rings is 2. The van der Waals surface area contributed by atoms with Crippen LogP contribution >= 0.6 is 35.1 Å². The quantitative estimate of drug-likeness (QED) is 0.276. The topological polar surface area (TPSA) is 27.7 Å². The van der Waals surface area contributed by atoms with Crippen molar-refractivity contribution in [3.8, 4) is 17.2 Å². The molecule has 1 fully saturated rings. The van der Waals surface area contributed by atoms with E-state index < -0.39 is 8.32 Å². The molecule has 0 bridgehead atoms. The molecular formula is C27H33ClO3S2Si. The second-order valence-corrected chi connectivity index (χ2v) is 18.1. The third-order valence-corrected chi connectivity index (χ3v) is 10.9. The van der Waals surface area contributed by atoms with Crippen molar-refractivity contribution in [2.45, 2.75) is 55.5 Å². The SMILES string of the molecule is C[Si](C)(C)Oc1ccc2c(c1)OC(c1ccc(OCCCl)cc1)C1=C2CCC2(C1)SCCCS2. The Bertz CT molecular complexity index is 1060. The molecule has 0 radical (unpaired) electrons. The van der Waals surface area contributed by atoms with Gasteiger partial charge >= 0.3 is 0 Å². The van der Waals surface area contributed by atoms with Crippen LogP contribution < -0.4 is 13.9 Å². The molecule has 7 heteroatoms. The molecule has 5 rings (SSSR count). The van der Waals surface area contributed by atoms with Gasteiger partial charge in [0.2, 0.25) is 8.32 Å². The Morgan fingerprint density at radius 1 is 1.06 bits per heavy atom. The summed E-state index contributed by atoms with van der Waals surface area (Å²) < 4.78 is 19.1. The summed E-state index contributed by atoms with van der Waals surface area (Å²) in [6.45, 7) is 7.15. The minimum atomic E-state index is -1.70. The number of hydrogen-bond acceptors (Lipinski definition) is 5. The molecule has 2 aliphatic heterocycles. The highest BCUT2D eigenvalue weighted by molar-refractivity contribution is 8.18. The minimum Gasteiger partial charge on any atom is -0.544 e. The van der Waals surface area contributed by atoms with Crippen molar-refractivity contribution in [1.82, 2.24) is 0 Å². The van der Waals surface area contributed by atoms with E-state index in [0.29, 0.717) is 16.6 Å². The lowest BCUT2D eigenvalue weighted by Crippen LogP contribution is -2.33. The zero-order valence-corrected chi connectivity index (χ0v) is 23.6. The van der Waals surface area contributed by atoms with Crippen molar-refractivity contribution in [1.29, 1.82) is 0 Å². The first kappa shape index (κ1) is 24.5. The van der Waals surface area contributed by atoms with Crippen molar-refractivity contribution in [3.05, 3.63) is 59.2 Å². The summed E-state index contributed by atoms with van der Waals surface area (Å²) in [4.78, 5) is 0. The molecule has 182 valence electrons. The number of halogens is 1. The second kappa shape index (κ2) is 10.0. The van der Waals surface area contributed by atoms with Gasteiger partial charge in [-0.25, -0.2) is 0 Å². The van der Waals surface area contributed by atoms with Gasteiger partial charge < -0.3 is 13.9 Å². The van der Waals surface area contributed by atoms with Crippen LogP contribution in [0.1, 0.15) is 42.9 Å². The Labute approximate surface area is 218 Å². The number of rotatable bonds is 6. The zero-order chi connectivity index (χ0) is 23.8. The second-order valence-electron chi connectivity index (χ2n) is 10.1. The summed E-state index contributed by atoms with van der Waals surface area (Å²) >= 11 is 10.1. The van der Waals surface area contributed by atoms with E-state index in [1.165, 1.54) is 46.6 Å². The van der Waals surface area contributed by atoms with E-state index in [4.69, 9.17) is 25.5 Å². The molecule has 1 saturated heterocycles. The van der Waals surface area contributed by atoms with Crippen LogP contribution in [0.2, 0.25) is 19.6 Å². The Hall–Kier alpha value is -1.21. The average molecular weight is 533 g/mol. The van der Waals surface area contributed by atoms with Gasteiger partial charge in [0, 0.05) is 11.6 Å². The highest BCUT2D eigenvalue weighted by atomic mass is 35.5. The number of alkyl halides is 1. The first-order valence-corrected chi connectivity index (χ1v) is 18.1. The molecule has 0 aromatic heterocycles. The molecule has 1 spiro atoms. The van der Waals surface area contributed by atoms with E-state index >= 15 is 0 Å². The first-order valence-electron chi connectivity index (χ1n) is 12.1. The highest BCUT2D eigenvalue weighted by Crippen LogP contribution is 2.58. The molecule has 2 aromatic carbocycles. The first-order chi connectivity index (χ1) is 16.4. The van der Waals surface area contributed by atoms with E-state index in [1.54, 1.807) is 0 Å². The van der Waals surface area contributed by atoms with Gasteiger partial charge in [-0.15, -0.1) is 35.1 Å². The Morgan fingerprint density at radius 3 is 2.50 bits per heavy atom. The summed E-state index contributed by atoms with van der Waals surface area (Å²) in [5.74, 6) is 5.72. The molecule has 1 atom stereocenters. The summed E-state index contributed by atoms with van der Waals surface area (Å²) in [7, 11) is -1.70. The maximum Gasteiger partial charge on any atom is 0.242 e. The maximum atomic E-state index is 6.79. The molecule has 0 amide bonds. The van der Waals surface area contributed by atoms with Crippen LogP contribution in [0.5, 0.6) is 17.2 Å². The molecule has 0 saturated carbocycles. The molecule has 2 heterocycles. The van der Waals surface area contributed by atoms with Crippen LogP contribution in [0.3, 0.4) is 0 Å². The van der Waals surface area contributed by atoms with Gasteiger partial charge in [-0.2, -0.15) is 0 Å². The number of hydrogen-bond donors (Lipinski definition) is 0. The zero-order valence-electron chi connectivity index (χ0n) is 20.2. The number of thioether (sulfide) groups is 2. The largest absolute Gasteiger partial charge is 0.544 e. The predicted octanol–water partition coefficient (Wildman–Crippen LogP) is 8.16. The van der Waals surface area contributed by atoms with Gasteiger partial charge in [-0.3, -0.25) is 0 Å². The fraction of sp³-hybridized carbons (Fsp3) is 0.481. The smallest absolute Gasteiger partial charge is 0.242 e. The van der Waals surface area contributed by atoms with Gasteiger partial charge in [-0.1, -0.05) is 12.1 Å². The van der Waals surface area contributed by atoms with Crippen LogP contribution in [0.4, 0.5) is 0 Å². The average Bonchev–Trinajstić information content (AvgIpc) is 2.82. The maximum absolute atomic E-state index is 6.79. The summed E-state index contributed by atoms with van der Waals surface area (Å²) in [6.07, 6.45) is 4.65. The van der Waals surface area contributed by atoms with E-state index in [0.717, 1.165) is 30.1 Å². The van der Waals surface area contributed by atoms with Gasteiger partial charge in [0.1, 0.15) is 30.0 Å². The molecule has 1 aliphatic carbocycles. The van der Waals surface area contributed by atoms with Crippen molar-refractivity contribution in [3.63, 3.8) is 0 Å². The van der Waals surface area contributed by atoms with Gasteiger partial charge in [0.15, 0.2) is 0 Å². The lowest BCUT2D eigenvalue weighted by atomic mass is 9.80. The Balaban J connectivity index is 1.52. The summed E-state index contributed by atoms with van der Waals surface area (Å²) in [6, 6.07) is 14.8. The van der Waals surface area contributed by atoms with Gasteiger partial charge in [-0.05, 0) is 97.8 Å². The van der Waals surface area contributed by atoms with Crippen molar-refractivity contribution in [2.75, 3.05) is 24.0 Å². The Kier molecular flexibility index (Phi) is 7.23. The molecule has 1 unspecified atom stereocenters. The molecule has 0 N–H and O–H groups in total. The fourth-order valence-corrected chi connectivity index (χ4v) is 9.27. The van der Waals surface area contributed by atoms with Crippen LogP contribution in [-0.4, -0.2) is 36.4 Å². The van der Waals surface area contributed by atoms with Crippen LogP contribution in [0, 0.1) is 0 Å². The van der Waals surface area contributed by atoms with Crippen LogP contribution in [-0.2, 0) is 0 Å². The number of allylic oxidation sites excluding steroid dienone is 1. The van der Waals surface area contributed by atoms with E-state index in [-0.39, 0.29) is 6.10 Å². The van der Waals surface area contributed by atoms with Gasteiger partial charge in [0.25, 0.3) is 0 Å². The summed E-state index contributed by atoms with van der Waals surface area (Å²) in [5, 5.41) is 0. The van der Waals surface area contributed by atoms with E-state index in [9.17, 15) is 0 Å². The van der Waals surface area contributed by atoms with Crippen molar-refractivity contribution < 1.29 is 13.9 Å². The normalized spacial score (nSPS) is 21.5. The van der Waals surface area contributed by atoms with Crippen molar-refractivity contribution in [2.24, 2.45) is 0 Å². The molecule has 34 heavy (non-hydrogen) atoms. The van der Waals surface area contributed by atoms with E-state index in [2.05, 4.69) is 73.5 Å². The van der Waals surface area contributed by atoms with Crippen molar-refractivity contribution >= 4 is 49.0 Å². The Morgan fingerprint density at radius 2 is 1.79 bits per heavy atom. The molecule has 3 aliphatic rings. The predicted molar refractivity (Wildman–Crippen MR) is 149 cm³/mol. The fourth-order valence-electron chi connectivity index (χ4n) is 5.01. The van der Waals surface area contributed by atoms with Crippen LogP contribution in [0.25, 0.3) is 5.57 Å².